The summed E-state index contributed by atoms with van der Waals surface area (Å²) in [5.41, 5.74) is 0. The minimum atomic E-state index is 0. The van der Waals surface area contributed by atoms with Crippen molar-refractivity contribution in [1.82, 2.24) is 0 Å². The molecular formula is C42H88ClN. The number of hydrogen-bond donors (Lipinski definition) is 0. The number of unbranched alkanes of at least 4 members (excludes halogenated alkanes) is 34. The Morgan fingerprint density at radius 2 is 0.364 bits per heavy atom. The topological polar surface area (TPSA) is 0 Å². The SMILES string of the molecule is CCCCCCCCCCCCCCCCCCCC[N+](C)(C)CCCCCCCCCCCCCCCCCCCC.[Cl-]. The van der Waals surface area contributed by atoms with Crippen LogP contribution in [-0.2, 0) is 0 Å². The predicted octanol–water partition coefficient (Wildman–Crippen LogP) is 12.2. The molecule has 0 aliphatic heterocycles. The quantitative estimate of drug-likeness (QED) is 0.0464. The molecule has 0 unspecified atom stereocenters. The van der Waals surface area contributed by atoms with Gasteiger partial charge in [-0.05, 0) is 25.7 Å². The molecule has 268 valence electrons. The molecule has 0 aromatic carbocycles. The van der Waals surface area contributed by atoms with Gasteiger partial charge in [0.15, 0.2) is 0 Å². The van der Waals surface area contributed by atoms with Gasteiger partial charge in [-0.15, -0.1) is 0 Å². The van der Waals surface area contributed by atoms with Crippen LogP contribution in [-0.4, -0.2) is 31.7 Å². The monoisotopic (exact) mass is 642 g/mol. The molecule has 1 nitrogen and oxygen atoms in total. The maximum absolute atomic E-state index is 2.47. The lowest BCUT2D eigenvalue weighted by atomic mass is 10.0. The van der Waals surface area contributed by atoms with E-state index in [4.69, 9.17) is 0 Å². The first-order valence-corrected chi connectivity index (χ1v) is 20.9. The lowest BCUT2D eigenvalue weighted by Gasteiger charge is -2.30. The maximum atomic E-state index is 2.47. The molecule has 0 spiro atoms. The summed E-state index contributed by atoms with van der Waals surface area (Å²) in [7, 11) is 4.95. The number of halogens is 1. The van der Waals surface area contributed by atoms with E-state index < -0.39 is 0 Å². The van der Waals surface area contributed by atoms with Crippen LogP contribution in [0, 0.1) is 0 Å². The van der Waals surface area contributed by atoms with Crippen molar-refractivity contribution in [2.45, 2.75) is 245 Å². The Morgan fingerprint density at radius 1 is 0.227 bits per heavy atom. The molecule has 44 heavy (non-hydrogen) atoms. The average molecular weight is 643 g/mol. The van der Waals surface area contributed by atoms with Crippen molar-refractivity contribution in [3.8, 4) is 0 Å². The second-order valence-electron chi connectivity index (χ2n) is 15.4. The molecule has 2 heteroatoms. The molecule has 0 bridgehead atoms. The van der Waals surface area contributed by atoms with Crippen molar-refractivity contribution in [3.05, 3.63) is 0 Å². The molecular weight excluding hydrogens is 554 g/mol. The summed E-state index contributed by atoms with van der Waals surface area (Å²) in [5, 5.41) is 0. The van der Waals surface area contributed by atoms with Crippen LogP contribution in [0.2, 0.25) is 0 Å². The Morgan fingerprint density at radius 3 is 0.523 bits per heavy atom. The van der Waals surface area contributed by atoms with Gasteiger partial charge in [0, 0.05) is 0 Å². The van der Waals surface area contributed by atoms with E-state index in [-0.39, 0.29) is 12.4 Å². The minimum Gasteiger partial charge on any atom is -1.00 e. The van der Waals surface area contributed by atoms with Gasteiger partial charge < -0.3 is 16.9 Å². The van der Waals surface area contributed by atoms with Crippen LogP contribution in [0.25, 0.3) is 0 Å². The molecule has 0 aliphatic carbocycles. The van der Waals surface area contributed by atoms with Crippen LogP contribution >= 0.6 is 0 Å². The third-order valence-electron chi connectivity index (χ3n) is 10.2. The first kappa shape index (κ1) is 46.4. The first-order chi connectivity index (χ1) is 21.1. The van der Waals surface area contributed by atoms with Crippen molar-refractivity contribution in [2.75, 3.05) is 27.2 Å². The molecule has 0 aromatic rings. The van der Waals surface area contributed by atoms with Gasteiger partial charge in [-0.25, -0.2) is 0 Å². The fraction of sp³-hybridized carbons (Fsp3) is 1.00. The number of hydrogen-bond acceptors (Lipinski definition) is 0. The van der Waals surface area contributed by atoms with E-state index >= 15 is 0 Å². The van der Waals surface area contributed by atoms with Crippen LogP contribution in [0.5, 0.6) is 0 Å². The summed E-state index contributed by atoms with van der Waals surface area (Å²) in [5.74, 6) is 0. The van der Waals surface area contributed by atoms with Gasteiger partial charge in [-0.2, -0.15) is 0 Å². The van der Waals surface area contributed by atoms with E-state index in [9.17, 15) is 0 Å². The lowest BCUT2D eigenvalue weighted by molar-refractivity contribution is -0.890. The van der Waals surface area contributed by atoms with Crippen molar-refractivity contribution >= 4 is 0 Å². The van der Waals surface area contributed by atoms with Gasteiger partial charge in [-0.3, -0.25) is 0 Å². The Hall–Kier alpha value is 0.250. The third kappa shape index (κ3) is 40.3. The summed E-state index contributed by atoms with van der Waals surface area (Å²) < 4.78 is 1.25. The summed E-state index contributed by atoms with van der Waals surface area (Å²) in [6, 6.07) is 0. The molecule has 0 fully saturated rings. The number of rotatable bonds is 38. The molecule has 0 heterocycles. The third-order valence-corrected chi connectivity index (χ3v) is 10.2. The molecule has 0 radical (unpaired) electrons. The number of nitrogens with zero attached hydrogens (tertiary/aromatic N) is 1. The van der Waals surface area contributed by atoms with Gasteiger partial charge in [0.1, 0.15) is 0 Å². The van der Waals surface area contributed by atoms with Gasteiger partial charge in [0.05, 0.1) is 27.2 Å². The lowest BCUT2D eigenvalue weighted by Crippen LogP contribution is -3.00. The summed E-state index contributed by atoms with van der Waals surface area (Å²) in [4.78, 5) is 0. The average Bonchev–Trinajstić information content (AvgIpc) is 3.00. The zero-order chi connectivity index (χ0) is 31.4. The molecule has 0 atom stereocenters. The van der Waals surface area contributed by atoms with Crippen LogP contribution in [0.3, 0.4) is 0 Å². The molecule has 0 aliphatic rings. The minimum absolute atomic E-state index is 0. The Labute approximate surface area is 288 Å². The number of quaternary nitrogens is 1. The largest absolute Gasteiger partial charge is 1.00 e. The highest BCUT2D eigenvalue weighted by Gasteiger charge is 2.13. The fourth-order valence-corrected chi connectivity index (χ4v) is 6.99. The van der Waals surface area contributed by atoms with E-state index in [1.165, 1.54) is 249 Å². The van der Waals surface area contributed by atoms with Gasteiger partial charge in [0.25, 0.3) is 0 Å². The molecule has 0 N–H and O–H groups in total. The van der Waals surface area contributed by atoms with E-state index in [1.807, 2.05) is 0 Å². The first-order valence-electron chi connectivity index (χ1n) is 20.9. The van der Waals surface area contributed by atoms with Crippen LogP contribution in [0.4, 0.5) is 0 Å². The van der Waals surface area contributed by atoms with Gasteiger partial charge in [0.2, 0.25) is 0 Å². The van der Waals surface area contributed by atoms with Crippen molar-refractivity contribution in [2.24, 2.45) is 0 Å². The fourth-order valence-electron chi connectivity index (χ4n) is 6.99. The molecule has 0 aromatic heterocycles. The molecule has 0 rings (SSSR count). The normalized spacial score (nSPS) is 11.7. The highest BCUT2D eigenvalue weighted by atomic mass is 35.5. The molecule has 0 amide bonds. The summed E-state index contributed by atoms with van der Waals surface area (Å²) in [6.45, 7) is 7.39. The van der Waals surface area contributed by atoms with Gasteiger partial charge >= 0.3 is 0 Å². The Kier molecular flexibility index (Phi) is 41.6. The molecule has 0 saturated carbocycles. The van der Waals surface area contributed by atoms with E-state index in [1.54, 1.807) is 0 Å². The highest BCUT2D eigenvalue weighted by Crippen LogP contribution is 2.17. The van der Waals surface area contributed by atoms with Gasteiger partial charge in [-0.1, -0.05) is 219 Å². The molecule has 0 saturated heterocycles. The zero-order valence-corrected chi connectivity index (χ0v) is 32.5. The second kappa shape index (κ2) is 39.4. The Bertz CT molecular complexity index is 448. The summed E-state index contributed by atoms with van der Waals surface area (Å²) in [6.07, 6.45) is 52.9. The van der Waals surface area contributed by atoms with E-state index in [2.05, 4.69) is 27.9 Å². The van der Waals surface area contributed by atoms with E-state index in [0.717, 1.165) is 0 Å². The van der Waals surface area contributed by atoms with Crippen molar-refractivity contribution in [3.63, 3.8) is 0 Å². The predicted molar refractivity (Wildman–Crippen MR) is 199 cm³/mol. The second-order valence-corrected chi connectivity index (χ2v) is 15.4. The van der Waals surface area contributed by atoms with Crippen molar-refractivity contribution < 1.29 is 16.9 Å². The van der Waals surface area contributed by atoms with Crippen LogP contribution in [0.1, 0.15) is 245 Å². The summed E-state index contributed by atoms with van der Waals surface area (Å²) >= 11 is 0. The Balaban J connectivity index is 0. The van der Waals surface area contributed by atoms with Crippen molar-refractivity contribution in [1.29, 1.82) is 0 Å². The smallest absolute Gasteiger partial charge is 0.0782 e. The van der Waals surface area contributed by atoms with Crippen LogP contribution in [0.15, 0.2) is 0 Å². The van der Waals surface area contributed by atoms with Crippen LogP contribution < -0.4 is 12.4 Å². The maximum Gasteiger partial charge on any atom is 0.0782 e. The zero-order valence-electron chi connectivity index (χ0n) is 31.7. The highest BCUT2D eigenvalue weighted by molar-refractivity contribution is 4.53. The van der Waals surface area contributed by atoms with E-state index in [0.29, 0.717) is 0 Å². The standard InChI is InChI=1S/C42H88N.ClH/c1-5-7-9-11-13-15-17-19-21-23-25-27-29-31-33-35-37-39-41-43(3,4)42-40-38-36-34-32-30-28-26-24-22-20-18-16-14-12-10-8-6-2;/h5-42H2,1-4H3;1H/q+1;/p-1.